The number of aromatic amines is 1. The van der Waals surface area contributed by atoms with Crippen LogP contribution in [0.1, 0.15) is 14.0 Å². The summed E-state index contributed by atoms with van der Waals surface area (Å²) in [6.07, 6.45) is -4.19. The molecule has 1 aliphatic heterocycles. The third-order valence-corrected chi connectivity index (χ3v) is 2.71. The van der Waals surface area contributed by atoms with Crippen LogP contribution in [-0.2, 0) is 4.74 Å². The molecule has 100 valence electrons. The van der Waals surface area contributed by atoms with Gasteiger partial charge in [-0.2, -0.15) is 0 Å². The monoisotopic (exact) mass is 281 g/mol. The number of aliphatic hydroxyl groups is 2. The van der Waals surface area contributed by atoms with E-state index < -0.39 is 47.5 Å². The summed E-state index contributed by atoms with van der Waals surface area (Å²) < 4.78 is 26.8. The molecule has 0 aliphatic carbocycles. The molecule has 0 aromatic carbocycles. The number of alkyl halides is 1. The lowest BCUT2D eigenvalue weighted by Crippen LogP contribution is -2.36. The van der Waals surface area contributed by atoms with Crippen LogP contribution in [0.5, 0.6) is 0 Å². The predicted molar refractivity (Wildman–Crippen MR) is 58.0 cm³/mol. The van der Waals surface area contributed by atoms with Crippen molar-refractivity contribution in [3.8, 4) is 0 Å². The Labute approximate surface area is 106 Å². The van der Waals surface area contributed by atoms with Gasteiger partial charge in [0.2, 0.25) is 5.85 Å². The van der Waals surface area contributed by atoms with Gasteiger partial charge in [-0.05, 0) is 0 Å². The first kappa shape index (κ1) is 11.8. The number of hydrogen-bond acceptors (Lipinski definition) is 5. The molecule has 0 radical (unpaired) electrons. The lowest BCUT2D eigenvalue weighted by atomic mass is 10.2. The topological polar surface area (TPSA) is 105 Å². The standard InChI is InChI=1S/C9H10ClFN2O5/c10-4-2-13(8(17)12-6(4)16)7-5(15)1-9(11,3-14)18-7/h2,5,7,14-15H,1,3H2,(H,12,16,17)/t5-,7-,9+/m1/s1/i7D. The summed E-state index contributed by atoms with van der Waals surface area (Å²) in [5, 5.41) is 18.1. The molecule has 0 amide bonds. The fraction of sp³-hybridized carbons (Fsp3) is 0.556. The van der Waals surface area contributed by atoms with Crippen LogP contribution in [0.2, 0.25) is 5.02 Å². The van der Waals surface area contributed by atoms with Crippen LogP contribution in [0.25, 0.3) is 0 Å². The van der Waals surface area contributed by atoms with E-state index in [0.29, 0.717) is 4.57 Å². The minimum absolute atomic E-state index is 0.428. The molecule has 3 atom stereocenters. The molecule has 0 bridgehead atoms. The zero-order valence-electron chi connectivity index (χ0n) is 9.89. The second-order valence-electron chi connectivity index (χ2n) is 3.81. The Morgan fingerprint density at radius 1 is 1.78 bits per heavy atom. The van der Waals surface area contributed by atoms with Gasteiger partial charge in [-0.25, -0.2) is 9.18 Å². The molecule has 1 aromatic heterocycles. The summed E-state index contributed by atoms with van der Waals surface area (Å²) in [6, 6.07) is 0. The van der Waals surface area contributed by atoms with Gasteiger partial charge in [0, 0.05) is 12.6 Å². The third kappa shape index (κ3) is 2.19. The van der Waals surface area contributed by atoms with Crippen LogP contribution in [0.3, 0.4) is 0 Å². The number of H-pyrrole nitrogens is 1. The Bertz CT molecular complexity index is 621. The van der Waals surface area contributed by atoms with E-state index in [-0.39, 0.29) is 0 Å². The largest absolute Gasteiger partial charge is 0.390 e. The Balaban J connectivity index is 2.55. The maximum absolute atomic E-state index is 13.8. The maximum Gasteiger partial charge on any atom is 0.330 e. The number of hydrogen-bond donors (Lipinski definition) is 3. The molecule has 1 aliphatic rings. The molecule has 18 heavy (non-hydrogen) atoms. The van der Waals surface area contributed by atoms with E-state index in [1.54, 1.807) is 4.98 Å². The number of aromatic nitrogens is 2. The van der Waals surface area contributed by atoms with E-state index in [1.807, 2.05) is 0 Å². The van der Waals surface area contributed by atoms with Crippen molar-refractivity contribution in [2.45, 2.75) is 24.6 Å². The van der Waals surface area contributed by atoms with E-state index in [2.05, 4.69) is 4.74 Å². The van der Waals surface area contributed by atoms with Crippen molar-refractivity contribution in [3.05, 3.63) is 32.1 Å². The fourth-order valence-corrected chi connectivity index (χ4v) is 1.74. The summed E-state index contributed by atoms with van der Waals surface area (Å²) in [6.45, 7) is -1.09. The second kappa shape index (κ2) is 4.47. The summed E-state index contributed by atoms with van der Waals surface area (Å²) in [7, 11) is 0. The van der Waals surface area contributed by atoms with Crippen LogP contribution in [-0.4, -0.2) is 38.3 Å². The number of rotatable bonds is 2. The van der Waals surface area contributed by atoms with E-state index in [9.17, 15) is 19.1 Å². The molecule has 2 rings (SSSR count). The summed E-state index contributed by atoms with van der Waals surface area (Å²) in [5.74, 6) is -2.65. The molecule has 1 saturated heterocycles. The Morgan fingerprint density at radius 2 is 2.44 bits per heavy atom. The summed E-state index contributed by atoms with van der Waals surface area (Å²) >= 11 is 5.51. The predicted octanol–water partition coefficient (Wildman–Crippen LogP) is -0.872. The highest BCUT2D eigenvalue weighted by Gasteiger charge is 2.47. The lowest BCUT2D eigenvalue weighted by molar-refractivity contribution is -0.180. The van der Waals surface area contributed by atoms with Crippen molar-refractivity contribution in [1.82, 2.24) is 9.55 Å². The van der Waals surface area contributed by atoms with Crippen molar-refractivity contribution in [2.75, 3.05) is 6.61 Å². The average Bonchev–Trinajstić information content (AvgIpc) is 2.56. The van der Waals surface area contributed by atoms with Crippen LogP contribution >= 0.6 is 11.6 Å². The summed E-state index contributed by atoms with van der Waals surface area (Å²) in [5.41, 5.74) is -1.97. The highest BCUT2D eigenvalue weighted by Crippen LogP contribution is 2.36. The Morgan fingerprint density at radius 3 is 3.00 bits per heavy atom. The molecule has 1 fully saturated rings. The molecule has 3 N–H and O–H groups in total. The second-order valence-corrected chi connectivity index (χ2v) is 4.21. The number of aliphatic hydroxyl groups excluding tert-OH is 2. The molecular formula is C9H10ClFN2O5. The lowest BCUT2D eigenvalue weighted by Gasteiger charge is -2.19. The van der Waals surface area contributed by atoms with Gasteiger partial charge in [-0.3, -0.25) is 14.3 Å². The van der Waals surface area contributed by atoms with Gasteiger partial charge in [-0.15, -0.1) is 0 Å². The van der Waals surface area contributed by atoms with Gasteiger partial charge in [0.25, 0.3) is 5.56 Å². The van der Waals surface area contributed by atoms with Gasteiger partial charge >= 0.3 is 5.69 Å². The van der Waals surface area contributed by atoms with E-state index in [1.165, 1.54) is 0 Å². The number of halogens is 2. The van der Waals surface area contributed by atoms with Crippen LogP contribution < -0.4 is 11.2 Å². The third-order valence-electron chi connectivity index (χ3n) is 2.44. The molecule has 1 aromatic rings. The first-order valence-electron chi connectivity index (χ1n) is 5.42. The van der Waals surface area contributed by atoms with Gasteiger partial charge in [0.1, 0.15) is 17.7 Å². The van der Waals surface area contributed by atoms with E-state index >= 15 is 0 Å². The SMILES string of the molecule is [2H][C@@]1(n2cc(Cl)c(=O)[nH]c2=O)O[C@](F)(CO)C[C@H]1O. The Kier molecular flexibility index (Phi) is 2.94. The van der Waals surface area contributed by atoms with Crippen molar-refractivity contribution >= 4 is 11.6 Å². The van der Waals surface area contributed by atoms with Gasteiger partial charge in [0.05, 0.1) is 1.37 Å². The molecule has 7 nitrogen and oxygen atoms in total. The summed E-state index contributed by atoms with van der Waals surface area (Å²) in [4.78, 5) is 24.5. The van der Waals surface area contributed by atoms with Crippen LogP contribution in [0, 0.1) is 0 Å². The van der Waals surface area contributed by atoms with Crippen molar-refractivity contribution in [3.63, 3.8) is 0 Å². The average molecular weight is 282 g/mol. The number of nitrogens with one attached hydrogen (secondary N) is 1. The smallest absolute Gasteiger partial charge is 0.330 e. The van der Waals surface area contributed by atoms with Gasteiger partial charge in [0.15, 0.2) is 6.20 Å². The maximum atomic E-state index is 13.8. The molecular weight excluding hydrogens is 271 g/mol. The van der Waals surface area contributed by atoms with E-state index in [4.69, 9.17) is 18.1 Å². The van der Waals surface area contributed by atoms with Crippen molar-refractivity contribution < 1.29 is 20.7 Å². The zero-order chi connectivity index (χ0) is 14.4. The minimum Gasteiger partial charge on any atom is -0.390 e. The molecule has 9 heteroatoms. The zero-order valence-corrected chi connectivity index (χ0v) is 9.65. The minimum atomic E-state index is -2.65. The number of nitrogens with zero attached hydrogens (tertiary/aromatic N) is 1. The number of ether oxygens (including phenoxy) is 1. The molecule has 2 heterocycles. The molecule has 0 spiro atoms. The van der Waals surface area contributed by atoms with Crippen molar-refractivity contribution in [1.29, 1.82) is 0 Å². The van der Waals surface area contributed by atoms with Crippen molar-refractivity contribution in [2.24, 2.45) is 0 Å². The normalized spacial score (nSPS) is 36.7. The molecule has 0 saturated carbocycles. The van der Waals surface area contributed by atoms with Gasteiger partial charge < -0.3 is 14.9 Å². The van der Waals surface area contributed by atoms with E-state index in [0.717, 1.165) is 6.20 Å². The molecule has 0 unspecified atom stereocenters. The highest BCUT2D eigenvalue weighted by atomic mass is 35.5. The van der Waals surface area contributed by atoms with Gasteiger partial charge in [-0.1, -0.05) is 11.6 Å². The first-order chi connectivity index (χ1) is 8.72. The highest BCUT2D eigenvalue weighted by molar-refractivity contribution is 6.30. The fourth-order valence-electron chi connectivity index (χ4n) is 1.59. The first-order valence-corrected chi connectivity index (χ1v) is 5.29. The Hall–Kier alpha value is -1.22. The van der Waals surface area contributed by atoms with Crippen LogP contribution in [0.15, 0.2) is 15.8 Å². The van der Waals surface area contributed by atoms with Crippen LogP contribution in [0.4, 0.5) is 4.39 Å². The quantitative estimate of drug-likeness (QED) is 0.653.